The van der Waals surface area contributed by atoms with Gasteiger partial charge in [-0.25, -0.2) is 4.79 Å². The third-order valence-electron chi connectivity index (χ3n) is 3.86. The van der Waals surface area contributed by atoms with Crippen molar-refractivity contribution in [2.45, 2.75) is 13.0 Å². The number of halogens is 1. The number of hydrogen-bond donors (Lipinski definition) is 0. The van der Waals surface area contributed by atoms with Crippen molar-refractivity contribution in [3.05, 3.63) is 66.4 Å². The van der Waals surface area contributed by atoms with Crippen LogP contribution in [0.5, 0.6) is 0 Å². The lowest BCUT2D eigenvalue weighted by atomic mass is 10.2. The van der Waals surface area contributed by atoms with Crippen LogP contribution in [0.25, 0.3) is 16.6 Å². The lowest BCUT2D eigenvalue weighted by Gasteiger charge is -2.18. The van der Waals surface area contributed by atoms with E-state index in [2.05, 4.69) is 22.6 Å². The molecule has 0 radical (unpaired) electrons. The number of esters is 1. The Balaban J connectivity index is 0.00000117. The third-order valence-corrected chi connectivity index (χ3v) is 3.86. The Morgan fingerprint density at radius 1 is 1.08 bits per heavy atom. The Bertz CT molecular complexity index is 844. The maximum Gasteiger partial charge on any atom is 0.355 e. The molecule has 1 heterocycles. The molecule has 0 saturated heterocycles. The van der Waals surface area contributed by atoms with E-state index in [1.54, 1.807) is 0 Å². The van der Waals surface area contributed by atoms with Crippen molar-refractivity contribution in [1.82, 2.24) is 9.47 Å². The van der Waals surface area contributed by atoms with Crippen LogP contribution in [0.2, 0.25) is 0 Å². The van der Waals surface area contributed by atoms with Crippen LogP contribution in [0.1, 0.15) is 17.4 Å². The molecule has 138 valence electrons. The molecule has 26 heavy (non-hydrogen) atoms. The van der Waals surface area contributed by atoms with E-state index in [1.165, 1.54) is 0 Å². The fourth-order valence-corrected chi connectivity index (χ4v) is 2.95. The Morgan fingerprint density at radius 2 is 1.69 bits per heavy atom. The molecule has 1 aromatic heterocycles. The SMILES string of the molecule is CC(CN(C)C)OC(=O)c1cc2ccccc2n1-c1ccccc1.CI. The van der Waals surface area contributed by atoms with Crippen molar-refractivity contribution in [3.63, 3.8) is 0 Å². The zero-order valence-electron chi connectivity index (χ0n) is 15.6. The van der Waals surface area contributed by atoms with Gasteiger partial charge in [0, 0.05) is 17.6 Å². The van der Waals surface area contributed by atoms with Crippen molar-refractivity contribution in [2.24, 2.45) is 0 Å². The van der Waals surface area contributed by atoms with E-state index in [0.717, 1.165) is 16.6 Å². The largest absolute Gasteiger partial charge is 0.457 e. The standard InChI is InChI=1S/C20H22N2O2.CH3I/c1-15(14-21(2)3)24-20(23)19-13-16-9-7-8-12-18(16)22(19)17-10-5-4-6-11-17;1-2/h4-13,15H,14H2,1-3H3;1H3. The molecule has 0 aliphatic carbocycles. The van der Waals surface area contributed by atoms with E-state index in [1.807, 2.05) is 96.1 Å². The second-order valence-corrected chi connectivity index (χ2v) is 6.24. The summed E-state index contributed by atoms with van der Waals surface area (Å²) in [5, 5.41) is 1.02. The Labute approximate surface area is 168 Å². The molecule has 0 bridgehead atoms. The number of likely N-dealkylation sites (N-methyl/N-ethyl adjacent to an activating group) is 1. The van der Waals surface area contributed by atoms with Gasteiger partial charge in [-0.05, 0) is 50.2 Å². The molecule has 0 N–H and O–H groups in total. The van der Waals surface area contributed by atoms with Crippen molar-refractivity contribution < 1.29 is 9.53 Å². The van der Waals surface area contributed by atoms with Crippen molar-refractivity contribution in [1.29, 1.82) is 0 Å². The minimum absolute atomic E-state index is 0.172. The van der Waals surface area contributed by atoms with Gasteiger partial charge in [-0.2, -0.15) is 0 Å². The number of nitrogens with zero attached hydrogens (tertiary/aromatic N) is 2. The quantitative estimate of drug-likeness (QED) is 0.310. The molecule has 4 nitrogen and oxygen atoms in total. The van der Waals surface area contributed by atoms with Crippen LogP contribution in [-0.4, -0.2) is 47.1 Å². The summed E-state index contributed by atoms with van der Waals surface area (Å²) in [6.07, 6.45) is -0.172. The number of benzene rings is 2. The lowest BCUT2D eigenvalue weighted by molar-refractivity contribution is 0.0280. The fraction of sp³-hybridized carbons (Fsp3) is 0.286. The van der Waals surface area contributed by atoms with Gasteiger partial charge in [-0.3, -0.25) is 0 Å². The highest BCUT2D eigenvalue weighted by Crippen LogP contribution is 2.25. The van der Waals surface area contributed by atoms with Crippen LogP contribution in [0, 0.1) is 0 Å². The van der Waals surface area contributed by atoms with E-state index in [4.69, 9.17) is 4.74 Å². The molecule has 5 heteroatoms. The Kier molecular flexibility index (Phi) is 7.66. The molecule has 0 aliphatic rings. The van der Waals surface area contributed by atoms with Crippen molar-refractivity contribution >= 4 is 39.5 Å². The molecular weight excluding hydrogens is 439 g/mol. The Hall–Kier alpha value is -1.86. The first-order valence-electron chi connectivity index (χ1n) is 8.45. The fourth-order valence-electron chi connectivity index (χ4n) is 2.95. The van der Waals surface area contributed by atoms with Crippen molar-refractivity contribution in [2.75, 3.05) is 25.6 Å². The number of aromatic nitrogens is 1. The van der Waals surface area contributed by atoms with Gasteiger partial charge in [-0.15, -0.1) is 0 Å². The molecule has 1 unspecified atom stereocenters. The minimum Gasteiger partial charge on any atom is -0.457 e. The molecular formula is C21H25IN2O2. The van der Waals surface area contributed by atoms with E-state index >= 15 is 0 Å². The summed E-state index contributed by atoms with van der Waals surface area (Å²) in [4.78, 5) is 16.7. The molecule has 0 amide bonds. The summed E-state index contributed by atoms with van der Waals surface area (Å²) >= 11 is 2.15. The van der Waals surface area contributed by atoms with E-state index in [9.17, 15) is 4.79 Å². The predicted molar refractivity (Wildman–Crippen MR) is 117 cm³/mol. The number of ether oxygens (including phenoxy) is 1. The monoisotopic (exact) mass is 464 g/mol. The average molecular weight is 464 g/mol. The minimum atomic E-state index is -0.301. The first-order valence-corrected chi connectivity index (χ1v) is 10.6. The van der Waals surface area contributed by atoms with Gasteiger partial charge in [0.05, 0.1) is 5.52 Å². The summed E-state index contributed by atoms with van der Waals surface area (Å²) in [6.45, 7) is 2.60. The third kappa shape index (κ3) is 4.86. The molecule has 3 aromatic rings. The topological polar surface area (TPSA) is 34.5 Å². The highest BCUT2D eigenvalue weighted by molar-refractivity contribution is 14.1. The molecule has 0 spiro atoms. The average Bonchev–Trinajstić information content (AvgIpc) is 3.03. The van der Waals surface area contributed by atoms with Crippen LogP contribution >= 0.6 is 22.6 Å². The van der Waals surface area contributed by atoms with Gasteiger partial charge in [0.25, 0.3) is 0 Å². The zero-order chi connectivity index (χ0) is 19.1. The van der Waals surface area contributed by atoms with Crippen LogP contribution in [0.3, 0.4) is 0 Å². The number of carbonyl (C=O) groups is 1. The highest BCUT2D eigenvalue weighted by atomic mass is 127. The maximum absolute atomic E-state index is 12.7. The number of para-hydroxylation sites is 2. The highest BCUT2D eigenvalue weighted by Gasteiger charge is 2.20. The number of fused-ring (bicyclic) bond motifs is 1. The van der Waals surface area contributed by atoms with Crippen LogP contribution in [0.4, 0.5) is 0 Å². The number of alkyl halides is 1. The zero-order valence-corrected chi connectivity index (χ0v) is 17.8. The van der Waals surface area contributed by atoms with E-state index in [0.29, 0.717) is 12.2 Å². The number of hydrogen-bond acceptors (Lipinski definition) is 3. The molecule has 0 aliphatic heterocycles. The van der Waals surface area contributed by atoms with Crippen molar-refractivity contribution in [3.8, 4) is 5.69 Å². The number of carbonyl (C=O) groups excluding carboxylic acids is 1. The lowest BCUT2D eigenvalue weighted by Crippen LogP contribution is -2.28. The van der Waals surface area contributed by atoms with Gasteiger partial charge in [0.1, 0.15) is 11.8 Å². The van der Waals surface area contributed by atoms with Gasteiger partial charge >= 0.3 is 5.97 Å². The molecule has 0 fully saturated rings. The van der Waals surface area contributed by atoms with Gasteiger partial charge in [0.15, 0.2) is 0 Å². The first kappa shape index (κ1) is 20.5. The summed E-state index contributed by atoms with van der Waals surface area (Å²) in [7, 11) is 3.93. The van der Waals surface area contributed by atoms with E-state index in [-0.39, 0.29) is 12.1 Å². The molecule has 0 saturated carbocycles. The van der Waals surface area contributed by atoms with Crippen LogP contribution in [0.15, 0.2) is 60.7 Å². The summed E-state index contributed by atoms with van der Waals surface area (Å²) in [5.41, 5.74) is 2.50. The van der Waals surface area contributed by atoms with Crippen LogP contribution < -0.4 is 0 Å². The predicted octanol–water partition coefficient (Wildman–Crippen LogP) is 4.79. The Morgan fingerprint density at radius 3 is 2.35 bits per heavy atom. The smallest absolute Gasteiger partial charge is 0.355 e. The summed E-state index contributed by atoms with van der Waals surface area (Å²) in [6, 6.07) is 19.8. The molecule has 2 aromatic carbocycles. The second kappa shape index (κ2) is 9.73. The van der Waals surface area contributed by atoms with E-state index < -0.39 is 0 Å². The van der Waals surface area contributed by atoms with Gasteiger partial charge < -0.3 is 14.2 Å². The summed E-state index contributed by atoms with van der Waals surface area (Å²) in [5.74, 6) is -0.301. The first-order chi connectivity index (χ1) is 12.6. The summed E-state index contributed by atoms with van der Waals surface area (Å²) < 4.78 is 7.60. The second-order valence-electron chi connectivity index (χ2n) is 6.24. The molecule has 3 rings (SSSR count). The maximum atomic E-state index is 12.7. The van der Waals surface area contributed by atoms with Gasteiger partial charge in [-0.1, -0.05) is 59.0 Å². The normalized spacial score (nSPS) is 11.8. The molecule has 1 atom stereocenters. The van der Waals surface area contributed by atoms with Crippen LogP contribution in [-0.2, 0) is 4.74 Å². The number of rotatable bonds is 5. The van der Waals surface area contributed by atoms with Gasteiger partial charge in [0.2, 0.25) is 0 Å².